The van der Waals surface area contributed by atoms with Crippen LogP contribution in [0.15, 0.2) is 28.9 Å². The molecular formula is C11H7ClFNO2. The molecule has 5 heteroatoms. The predicted molar refractivity (Wildman–Crippen MR) is 56.1 cm³/mol. The lowest BCUT2D eigenvalue weighted by Gasteiger charge is -2.00. The predicted octanol–water partition coefficient (Wildman–Crippen LogP) is 2.87. The SMILES string of the molecule is O=Cc1cnoc1Cc1ccc(Cl)c(F)c1. The number of aldehydes is 1. The maximum atomic E-state index is 13.1. The first-order valence-corrected chi connectivity index (χ1v) is 4.91. The van der Waals surface area contributed by atoms with Crippen molar-refractivity contribution in [2.24, 2.45) is 0 Å². The molecule has 2 rings (SSSR count). The van der Waals surface area contributed by atoms with E-state index in [1.165, 1.54) is 18.3 Å². The normalized spacial score (nSPS) is 10.4. The van der Waals surface area contributed by atoms with Crippen molar-refractivity contribution >= 4 is 17.9 Å². The van der Waals surface area contributed by atoms with Gasteiger partial charge in [-0.05, 0) is 17.7 Å². The lowest BCUT2D eigenvalue weighted by molar-refractivity contribution is 0.112. The first kappa shape index (κ1) is 10.8. The molecule has 0 N–H and O–H groups in total. The van der Waals surface area contributed by atoms with Gasteiger partial charge >= 0.3 is 0 Å². The largest absolute Gasteiger partial charge is 0.360 e. The number of nitrogens with zero attached hydrogens (tertiary/aromatic N) is 1. The summed E-state index contributed by atoms with van der Waals surface area (Å²) < 4.78 is 18.0. The van der Waals surface area contributed by atoms with E-state index in [1.807, 2.05) is 0 Å². The molecule has 0 saturated carbocycles. The summed E-state index contributed by atoms with van der Waals surface area (Å²) in [6, 6.07) is 4.44. The maximum Gasteiger partial charge on any atom is 0.155 e. The zero-order valence-corrected chi connectivity index (χ0v) is 8.87. The first-order valence-electron chi connectivity index (χ1n) is 4.53. The number of halogens is 2. The van der Waals surface area contributed by atoms with Crippen molar-refractivity contribution in [3.05, 3.63) is 52.1 Å². The molecule has 1 heterocycles. The summed E-state index contributed by atoms with van der Waals surface area (Å²) in [5, 5.41) is 3.57. The first-order chi connectivity index (χ1) is 7.70. The summed E-state index contributed by atoms with van der Waals surface area (Å²) in [7, 11) is 0. The van der Waals surface area contributed by atoms with E-state index in [1.54, 1.807) is 6.07 Å². The third-order valence-corrected chi connectivity index (χ3v) is 2.46. The number of aromatic nitrogens is 1. The molecule has 0 aliphatic heterocycles. The summed E-state index contributed by atoms with van der Waals surface area (Å²) in [6.45, 7) is 0. The molecule has 0 spiro atoms. The van der Waals surface area contributed by atoms with Crippen LogP contribution in [-0.2, 0) is 6.42 Å². The molecule has 0 bridgehead atoms. The number of hydrogen-bond donors (Lipinski definition) is 0. The molecule has 2 aromatic rings. The van der Waals surface area contributed by atoms with Crippen molar-refractivity contribution in [2.45, 2.75) is 6.42 Å². The highest BCUT2D eigenvalue weighted by Crippen LogP contribution is 2.18. The van der Waals surface area contributed by atoms with E-state index in [2.05, 4.69) is 5.16 Å². The van der Waals surface area contributed by atoms with Gasteiger partial charge in [0, 0.05) is 6.42 Å². The van der Waals surface area contributed by atoms with Gasteiger partial charge in [-0.15, -0.1) is 0 Å². The number of carbonyl (C=O) groups excluding carboxylic acids is 1. The smallest absolute Gasteiger partial charge is 0.155 e. The Morgan fingerprint density at radius 1 is 1.50 bits per heavy atom. The van der Waals surface area contributed by atoms with Crippen LogP contribution < -0.4 is 0 Å². The van der Waals surface area contributed by atoms with Crippen molar-refractivity contribution in [2.75, 3.05) is 0 Å². The van der Waals surface area contributed by atoms with E-state index >= 15 is 0 Å². The Morgan fingerprint density at radius 3 is 3.00 bits per heavy atom. The number of carbonyl (C=O) groups is 1. The van der Waals surface area contributed by atoms with Crippen LogP contribution in [0.3, 0.4) is 0 Å². The van der Waals surface area contributed by atoms with Crippen LogP contribution in [0.2, 0.25) is 5.02 Å². The van der Waals surface area contributed by atoms with Crippen LogP contribution in [-0.4, -0.2) is 11.4 Å². The Balaban J connectivity index is 2.27. The number of rotatable bonds is 3. The van der Waals surface area contributed by atoms with Crippen LogP contribution in [0.1, 0.15) is 21.7 Å². The molecule has 0 saturated heterocycles. The van der Waals surface area contributed by atoms with Crippen molar-refractivity contribution in [3.63, 3.8) is 0 Å². The van der Waals surface area contributed by atoms with Gasteiger partial charge in [0.05, 0.1) is 16.8 Å². The van der Waals surface area contributed by atoms with Crippen molar-refractivity contribution < 1.29 is 13.7 Å². The van der Waals surface area contributed by atoms with Gasteiger partial charge < -0.3 is 4.52 Å². The zero-order valence-electron chi connectivity index (χ0n) is 8.11. The molecular weight excluding hydrogens is 233 g/mol. The minimum absolute atomic E-state index is 0.0666. The fourth-order valence-electron chi connectivity index (χ4n) is 1.34. The van der Waals surface area contributed by atoms with Gasteiger partial charge in [-0.25, -0.2) is 4.39 Å². The summed E-state index contributed by atoms with van der Waals surface area (Å²) in [4.78, 5) is 10.6. The second kappa shape index (κ2) is 4.45. The molecule has 82 valence electrons. The molecule has 0 aliphatic rings. The van der Waals surface area contributed by atoms with E-state index < -0.39 is 5.82 Å². The third kappa shape index (κ3) is 2.12. The minimum atomic E-state index is -0.494. The van der Waals surface area contributed by atoms with Gasteiger partial charge in [0.1, 0.15) is 5.82 Å². The Bertz CT molecular complexity index is 524. The molecule has 1 aromatic carbocycles. The monoisotopic (exact) mass is 239 g/mol. The molecule has 3 nitrogen and oxygen atoms in total. The molecule has 16 heavy (non-hydrogen) atoms. The highest BCUT2D eigenvalue weighted by Gasteiger charge is 2.09. The average molecular weight is 240 g/mol. The molecule has 0 radical (unpaired) electrons. The lowest BCUT2D eigenvalue weighted by Crippen LogP contribution is -1.91. The van der Waals surface area contributed by atoms with Gasteiger partial charge in [0.2, 0.25) is 0 Å². The van der Waals surface area contributed by atoms with E-state index in [0.29, 0.717) is 29.6 Å². The van der Waals surface area contributed by atoms with Crippen LogP contribution >= 0.6 is 11.6 Å². The van der Waals surface area contributed by atoms with Crippen LogP contribution in [0.5, 0.6) is 0 Å². The van der Waals surface area contributed by atoms with Crippen LogP contribution in [0, 0.1) is 5.82 Å². The molecule has 1 aromatic heterocycles. The Morgan fingerprint density at radius 2 is 2.31 bits per heavy atom. The van der Waals surface area contributed by atoms with Crippen molar-refractivity contribution in [1.29, 1.82) is 0 Å². The fourth-order valence-corrected chi connectivity index (χ4v) is 1.45. The Hall–Kier alpha value is -1.68. The quantitative estimate of drug-likeness (QED) is 0.774. The molecule has 0 unspecified atom stereocenters. The highest BCUT2D eigenvalue weighted by molar-refractivity contribution is 6.30. The molecule has 0 fully saturated rings. The summed E-state index contributed by atoms with van der Waals surface area (Å²) in [5.74, 6) is -0.0805. The van der Waals surface area contributed by atoms with Gasteiger partial charge in [-0.1, -0.05) is 22.8 Å². The van der Waals surface area contributed by atoms with Crippen LogP contribution in [0.4, 0.5) is 4.39 Å². The zero-order chi connectivity index (χ0) is 11.5. The second-order valence-electron chi connectivity index (χ2n) is 3.25. The maximum absolute atomic E-state index is 13.1. The minimum Gasteiger partial charge on any atom is -0.360 e. The summed E-state index contributed by atoms with van der Waals surface area (Å²) >= 11 is 5.55. The van der Waals surface area contributed by atoms with E-state index in [9.17, 15) is 9.18 Å². The van der Waals surface area contributed by atoms with Crippen LogP contribution in [0.25, 0.3) is 0 Å². The standard InChI is InChI=1S/C11H7ClFNO2/c12-9-2-1-7(3-10(9)13)4-11-8(6-15)5-14-16-11/h1-3,5-6H,4H2. The van der Waals surface area contributed by atoms with Crippen molar-refractivity contribution in [3.8, 4) is 0 Å². The summed E-state index contributed by atoms with van der Waals surface area (Å²) in [5.41, 5.74) is 1.04. The van der Waals surface area contributed by atoms with E-state index in [4.69, 9.17) is 16.1 Å². The Kier molecular flexibility index (Phi) is 3.01. The van der Waals surface area contributed by atoms with E-state index in [-0.39, 0.29) is 5.02 Å². The van der Waals surface area contributed by atoms with Crippen molar-refractivity contribution in [1.82, 2.24) is 5.16 Å². The topological polar surface area (TPSA) is 43.1 Å². The van der Waals surface area contributed by atoms with Gasteiger partial charge in [0.15, 0.2) is 12.0 Å². The summed E-state index contributed by atoms with van der Waals surface area (Å²) in [6.07, 6.45) is 2.29. The average Bonchev–Trinajstić information content (AvgIpc) is 2.71. The van der Waals surface area contributed by atoms with Gasteiger partial charge in [-0.2, -0.15) is 0 Å². The fraction of sp³-hybridized carbons (Fsp3) is 0.0909. The Labute approximate surface area is 95.8 Å². The third-order valence-electron chi connectivity index (χ3n) is 2.15. The van der Waals surface area contributed by atoms with E-state index in [0.717, 1.165) is 0 Å². The molecule has 0 amide bonds. The van der Waals surface area contributed by atoms with Gasteiger partial charge in [-0.3, -0.25) is 4.79 Å². The van der Waals surface area contributed by atoms with Gasteiger partial charge in [0.25, 0.3) is 0 Å². The highest BCUT2D eigenvalue weighted by atomic mass is 35.5. The number of benzene rings is 1. The molecule has 0 aliphatic carbocycles. The molecule has 0 atom stereocenters. The number of hydrogen-bond acceptors (Lipinski definition) is 3. The lowest BCUT2D eigenvalue weighted by atomic mass is 10.1. The second-order valence-corrected chi connectivity index (χ2v) is 3.65.